The zero-order chi connectivity index (χ0) is 21.2. The molecule has 2 unspecified atom stereocenters. The molecule has 160 valence electrons. The summed E-state index contributed by atoms with van der Waals surface area (Å²) in [5, 5.41) is 11.3. The predicted octanol–water partition coefficient (Wildman–Crippen LogP) is 4.34. The number of halogens is 2. The van der Waals surface area contributed by atoms with Gasteiger partial charge in [-0.25, -0.2) is 8.42 Å². The Bertz CT molecular complexity index is 945. The van der Waals surface area contributed by atoms with Crippen LogP contribution in [0.1, 0.15) is 58.8 Å². The lowest BCUT2D eigenvalue weighted by Gasteiger charge is -2.60. The van der Waals surface area contributed by atoms with E-state index in [1.54, 1.807) is 13.8 Å². The molecule has 1 aromatic rings. The molecule has 0 radical (unpaired) electrons. The highest BCUT2D eigenvalue weighted by atomic mass is 35.5. The van der Waals surface area contributed by atoms with Crippen molar-refractivity contribution < 1.29 is 18.3 Å². The lowest BCUT2D eigenvalue weighted by Crippen LogP contribution is -2.58. The van der Waals surface area contributed by atoms with Crippen molar-refractivity contribution in [2.75, 3.05) is 0 Å². The molecule has 4 aliphatic rings. The van der Waals surface area contributed by atoms with Crippen LogP contribution in [0.15, 0.2) is 23.1 Å². The fraction of sp³-hybridized carbons (Fsp3) is 0.667. The predicted molar refractivity (Wildman–Crippen MR) is 113 cm³/mol. The molecular formula is C21H27Cl2NO4S. The Morgan fingerprint density at radius 3 is 2.38 bits per heavy atom. The first kappa shape index (κ1) is 21.6. The standard InChI is InChI=1S/C21H27Cl2NO4S/c1-19(2,24-29(27,28)17-4-3-15(22)6-16(17)23)18(25)11-20-7-13-5-14(8-20)10-21(26,9-13)12-20/h3-4,6,13-14,24,26H,5,7-12H2,1-2H3. The van der Waals surface area contributed by atoms with Gasteiger partial charge in [-0.15, -0.1) is 0 Å². The third-order valence-corrected chi connectivity index (χ3v) is 9.33. The Kier molecular flexibility index (Phi) is 5.15. The number of ketones is 1. The molecule has 2 N–H and O–H groups in total. The Balaban J connectivity index is 1.52. The Hall–Kier alpha value is -0.660. The molecule has 4 bridgehead atoms. The number of nitrogens with one attached hydrogen (secondary N) is 1. The third-order valence-electron chi connectivity index (χ3n) is 6.96. The molecule has 29 heavy (non-hydrogen) atoms. The summed E-state index contributed by atoms with van der Waals surface area (Å²) in [6.45, 7) is 3.18. The van der Waals surface area contributed by atoms with Crippen molar-refractivity contribution in [2.45, 2.75) is 74.8 Å². The molecule has 1 aromatic carbocycles. The molecule has 8 heteroatoms. The molecular weight excluding hydrogens is 433 g/mol. The minimum Gasteiger partial charge on any atom is -0.390 e. The van der Waals surface area contributed by atoms with Crippen LogP contribution in [0.2, 0.25) is 10.0 Å². The van der Waals surface area contributed by atoms with Crippen molar-refractivity contribution in [1.29, 1.82) is 0 Å². The molecule has 4 saturated carbocycles. The molecule has 2 atom stereocenters. The van der Waals surface area contributed by atoms with E-state index in [9.17, 15) is 18.3 Å². The molecule has 4 aliphatic carbocycles. The van der Waals surface area contributed by atoms with E-state index in [0.29, 0.717) is 23.3 Å². The number of benzene rings is 1. The van der Waals surface area contributed by atoms with Crippen LogP contribution in [0.25, 0.3) is 0 Å². The summed E-state index contributed by atoms with van der Waals surface area (Å²) in [4.78, 5) is 13.1. The second-order valence-corrected chi connectivity index (χ2v) is 12.6. The van der Waals surface area contributed by atoms with Crippen molar-refractivity contribution >= 4 is 39.0 Å². The quantitative estimate of drug-likeness (QED) is 0.662. The number of carbonyl (C=O) groups excluding carboxylic acids is 1. The molecule has 5 nitrogen and oxygen atoms in total. The fourth-order valence-corrected chi connectivity index (χ4v) is 8.48. The van der Waals surface area contributed by atoms with Gasteiger partial charge in [-0.05, 0) is 87.8 Å². The molecule has 0 heterocycles. The van der Waals surface area contributed by atoms with E-state index in [-0.39, 0.29) is 27.5 Å². The van der Waals surface area contributed by atoms with Gasteiger partial charge in [0, 0.05) is 11.4 Å². The Morgan fingerprint density at radius 1 is 1.21 bits per heavy atom. The highest BCUT2D eigenvalue weighted by Gasteiger charge is 2.58. The van der Waals surface area contributed by atoms with E-state index < -0.39 is 21.2 Å². The molecule has 4 fully saturated rings. The van der Waals surface area contributed by atoms with E-state index in [2.05, 4.69) is 4.72 Å². The van der Waals surface area contributed by atoms with Crippen molar-refractivity contribution in [3.8, 4) is 0 Å². The summed E-state index contributed by atoms with van der Waals surface area (Å²) >= 11 is 11.9. The summed E-state index contributed by atoms with van der Waals surface area (Å²) in [6.07, 6.45) is 5.64. The molecule has 0 saturated heterocycles. The maximum absolute atomic E-state index is 13.2. The first-order valence-electron chi connectivity index (χ1n) is 10.1. The number of rotatable bonds is 6. The summed E-state index contributed by atoms with van der Waals surface area (Å²) in [5.41, 5.74) is -2.14. The number of carbonyl (C=O) groups is 1. The van der Waals surface area contributed by atoms with Gasteiger partial charge in [0.1, 0.15) is 4.90 Å². The topological polar surface area (TPSA) is 83.5 Å². The minimum atomic E-state index is -4.00. The maximum Gasteiger partial charge on any atom is 0.242 e. The van der Waals surface area contributed by atoms with Crippen molar-refractivity contribution in [2.24, 2.45) is 17.3 Å². The average molecular weight is 460 g/mol. The lowest BCUT2D eigenvalue weighted by molar-refractivity contribution is -0.169. The second kappa shape index (κ2) is 6.92. The first-order valence-corrected chi connectivity index (χ1v) is 12.3. The lowest BCUT2D eigenvalue weighted by atomic mass is 9.46. The van der Waals surface area contributed by atoms with E-state index in [0.717, 1.165) is 32.1 Å². The summed E-state index contributed by atoms with van der Waals surface area (Å²) < 4.78 is 28.3. The summed E-state index contributed by atoms with van der Waals surface area (Å²) in [7, 11) is -4.00. The van der Waals surface area contributed by atoms with Gasteiger partial charge < -0.3 is 5.11 Å². The third kappa shape index (κ3) is 4.11. The molecule has 0 amide bonds. The average Bonchev–Trinajstić information content (AvgIpc) is 2.50. The van der Waals surface area contributed by atoms with E-state index >= 15 is 0 Å². The molecule has 0 aromatic heterocycles. The largest absolute Gasteiger partial charge is 0.390 e. The van der Waals surface area contributed by atoms with Gasteiger partial charge in [-0.3, -0.25) is 4.79 Å². The monoisotopic (exact) mass is 459 g/mol. The van der Waals surface area contributed by atoms with Crippen LogP contribution in [0.5, 0.6) is 0 Å². The second-order valence-electron chi connectivity index (χ2n) is 10.1. The Labute approximate surface area is 182 Å². The van der Waals surface area contributed by atoms with Gasteiger partial charge in [-0.2, -0.15) is 4.72 Å². The molecule has 0 spiro atoms. The maximum atomic E-state index is 13.2. The van der Waals surface area contributed by atoms with E-state index in [4.69, 9.17) is 23.2 Å². The molecule has 0 aliphatic heterocycles. The van der Waals surface area contributed by atoms with Gasteiger partial charge in [0.2, 0.25) is 10.0 Å². The van der Waals surface area contributed by atoms with Crippen LogP contribution in [0.3, 0.4) is 0 Å². The minimum absolute atomic E-state index is 0.0107. The smallest absolute Gasteiger partial charge is 0.242 e. The number of aliphatic hydroxyl groups is 1. The van der Waals surface area contributed by atoms with Gasteiger partial charge in [-0.1, -0.05) is 23.2 Å². The van der Waals surface area contributed by atoms with Crippen LogP contribution >= 0.6 is 23.2 Å². The number of sulfonamides is 1. The van der Waals surface area contributed by atoms with E-state index in [1.807, 2.05) is 0 Å². The SMILES string of the molecule is CC(C)(NS(=O)(=O)c1ccc(Cl)cc1Cl)C(=O)CC12CC3CC(CC(O)(C3)C1)C2. The van der Waals surface area contributed by atoms with Crippen molar-refractivity contribution in [1.82, 2.24) is 4.72 Å². The van der Waals surface area contributed by atoms with Crippen molar-refractivity contribution in [3.05, 3.63) is 28.2 Å². The number of Topliss-reactive ketones (excluding diaryl/α,β-unsaturated/α-hetero) is 1. The van der Waals surface area contributed by atoms with E-state index in [1.165, 1.54) is 18.2 Å². The van der Waals surface area contributed by atoms with Gasteiger partial charge in [0.25, 0.3) is 0 Å². The normalized spacial score (nSPS) is 33.8. The van der Waals surface area contributed by atoms with Crippen LogP contribution < -0.4 is 4.72 Å². The van der Waals surface area contributed by atoms with Crippen LogP contribution in [0.4, 0.5) is 0 Å². The Morgan fingerprint density at radius 2 is 1.83 bits per heavy atom. The zero-order valence-corrected chi connectivity index (χ0v) is 19.0. The molecule has 5 rings (SSSR count). The van der Waals surface area contributed by atoms with Gasteiger partial charge in [0.05, 0.1) is 16.2 Å². The van der Waals surface area contributed by atoms with Crippen LogP contribution in [-0.2, 0) is 14.8 Å². The first-order chi connectivity index (χ1) is 13.3. The highest BCUT2D eigenvalue weighted by molar-refractivity contribution is 7.89. The summed E-state index contributed by atoms with van der Waals surface area (Å²) in [6, 6.07) is 4.15. The van der Waals surface area contributed by atoms with Gasteiger partial charge >= 0.3 is 0 Å². The fourth-order valence-electron chi connectivity index (χ4n) is 6.31. The zero-order valence-electron chi connectivity index (χ0n) is 16.7. The summed E-state index contributed by atoms with van der Waals surface area (Å²) in [5.74, 6) is 0.792. The van der Waals surface area contributed by atoms with Crippen LogP contribution in [0, 0.1) is 17.3 Å². The van der Waals surface area contributed by atoms with Gasteiger partial charge in [0.15, 0.2) is 5.78 Å². The number of hydrogen-bond acceptors (Lipinski definition) is 4. The van der Waals surface area contributed by atoms with Crippen LogP contribution in [-0.4, -0.2) is 30.4 Å². The number of hydrogen-bond donors (Lipinski definition) is 2. The van der Waals surface area contributed by atoms with Crippen molar-refractivity contribution in [3.63, 3.8) is 0 Å². The highest BCUT2D eigenvalue weighted by Crippen LogP contribution is 2.63.